The smallest absolute Gasteiger partial charge is 0.375 e. The second-order valence-electron chi connectivity index (χ2n) is 3.73. The van der Waals surface area contributed by atoms with Gasteiger partial charge in [0.2, 0.25) is 15.8 Å². The Labute approximate surface area is 98.1 Å². The fourth-order valence-corrected chi connectivity index (χ4v) is 2.84. The zero-order chi connectivity index (χ0) is 12.6. The summed E-state index contributed by atoms with van der Waals surface area (Å²) in [5, 5.41) is 12.5. The largest absolute Gasteiger partial charge is 0.475 e. The first-order valence-electron chi connectivity index (χ1n) is 5.14. The van der Waals surface area contributed by atoms with E-state index in [1.165, 1.54) is 4.31 Å². The van der Waals surface area contributed by atoms with E-state index in [2.05, 4.69) is 5.16 Å². The Balaban J connectivity index is 2.35. The molecule has 0 atom stereocenters. The zero-order valence-corrected chi connectivity index (χ0v) is 10.0. The predicted molar refractivity (Wildman–Crippen MR) is 57.0 cm³/mol. The maximum absolute atomic E-state index is 11.7. The summed E-state index contributed by atoms with van der Waals surface area (Å²) in [5.41, 5.74) is 0.894. The fourth-order valence-electron chi connectivity index (χ4n) is 1.78. The van der Waals surface area contributed by atoms with Crippen molar-refractivity contribution in [1.82, 2.24) is 9.46 Å². The highest BCUT2D eigenvalue weighted by Gasteiger charge is 2.31. The van der Waals surface area contributed by atoms with Gasteiger partial charge in [-0.2, -0.15) is 4.31 Å². The third kappa shape index (κ3) is 2.05. The molecule has 7 nitrogen and oxygen atoms in total. The van der Waals surface area contributed by atoms with Crippen LogP contribution in [0.3, 0.4) is 0 Å². The lowest BCUT2D eigenvalue weighted by molar-refractivity contribution is 0.0649. The van der Waals surface area contributed by atoms with Crippen molar-refractivity contribution in [3.05, 3.63) is 17.0 Å². The van der Waals surface area contributed by atoms with E-state index in [4.69, 9.17) is 9.63 Å². The molecule has 0 fully saturated rings. The van der Waals surface area contributed by atoms with Crippen LogP contribution >= 0.6 is 0 Å². The van der Waals surface area contributed by atoms with Crippen LogP contribution in [0.1, 0.15) is 28.7 Å². The van der Waals surface area contributed by atoms with Gasteiger partial charge in [-0.05, 0) is 6.92 Å². The second-order valence-corrected chi connectivity index (χ2v) is 5.98. The molecular formula is C9H12N2O5S. The predicted octanol–water partition coefficient (Wildman–Crippen LogP) is 0.0806. The second kappa shape index (κ2) is 4.11. The molecule has 0 radical (unpaired) electrons. The number of rotatable bonds is 3. The number of carbonyl (C=O) groups is 1. The van der Waals surface area contributed by atoms with Crippen molar-refractivity contribution in [2.75, 3.05) is 12.3 Å². The van der Waals surface area contributed by atoms with Crippen molar-refractivity contribution in [3.63, 3.8) is 0 Å². The summed E-state index contributed by atoms with van der Waals surface area (Å²) in [6, 6.07) is 0. The Morgan fingerprint density at radius 3 is 2.88 bits per heavy atom. The van der Waals surface area contributed by atoms with Crippen molar-refractivity contribution >= 4 is 16.0 Å². The van der Waals surface area contributed by atoms with Gasteiger partial charge in [0.15, 0.2) is 0 Å². The molecular weight excluding hydrogens is 248 g/mol. The Morgan fingerprint density at radius 1 is 1.59 bits per heavy atom. The van der Waals surface area contributed by atoms with Gasteiger partial charge in [0.25, 0.3) is 0 Å². The Morgan fingerprint density at radius 2 is 2.29 bits per heavy atom. The SMILES string of the molecule is CCS(=O)(=O)N1CCc2noc(C(=O)O)c2C1. The molecule has 1 aromatic heterocycles. The van der Waals surface area contributed by atoms with E-state index in [9.17, 15) is 13.2 Å². The summed E-state index contributed by atoms with van der Waals surface area (Å²) >= 11 is 0. The summed E-state index contributed by atoms with van der Waals surface area (Å²) in [7, 11) is -3.31. The molecule has 2 rings (SSSR count). The molecule has 0 spiro atoms. The minimum absolute atomic E-state index is 0.00395. The van der Waals surface area contributed by atoms with Crippen molar-refractivity contribution in [2.24, 2.45) is 0 Å². The van der Waals surface area contributed by atoms with Crippen LogP contribution in [0.25, 0.3) is 0 Å². The summed E-state index contributed by atoms with van der Waals surface area (Å²) in [6.45, 7) is 1.89. The maximum atomic E-state index is 11.7. The number of carboxylic acid groups (broad SMARTS) is 1. The van der Waals surface area contributed by atoms with Gasteiger partial charge in [0, 0.05) is 25.1 Å². The molecule has 8 heteroatoms. The van der Waals surface area contributed by atoms with Gasteiger partial charge in [-0.15, -0.1) is 0 Å². The maximum Gasteiger partial charge on any atom is 0.375 e. The number of hydrogen-bond acceptors (Lipinski definition) is 5. The lowest BCUT2D eigenvalue weighted by Gasteiger charge is -2.24. The summed E-state index contributed by atoms with van der Waals surface area (Å²) in [4.78, 5) is 10.9. The van der Waals surface area contributed by atoms with E-state index in [-0.39, 0.29) is 18.1 Å². The fraction of sp³-hybridized carbons (Fsp3) is 0.556. The number of fused-ring (bicyclic) bond motifs is 1. The van der Waals surface area contributed by atoms with E-state index in [1.807, 2.05) is 0 Å². The van der Waals surface area contributed by atoms with Crippen molar-refractivity contribution in [3.8, 4) is 0 Å². The third-order valence-electron chi connectivity index (χ3n) is 2.75. The normalized spacial score (nSPS) is 16.8. The van der Waals surface area contributed by atoms with E-state index < -0.39 is 16.0 Å². The third-order valence-corrected chi connectivity index (χ3v) is 4.58. The molecule has 0 aromatic carbocycles. The van der Waals surface area contributed by atoms with Crippen molar-refractivity contribution in [2.45, 2.75) is 19.9 Å². The Kier molecular flexibility index (Phi) is 2.92. The molecule has 17 heavy (non-hydrogen) atoms. The molecule has 0 unspecified atom stereocenters. The average Bonchev–Trinajstić information content (AvgIpc) is 2.71. The number of hydrogen-bond donors (Lipinski definition) is 1. The molecule has 1 aliphatic heterocycles. The first-order chi connectivity index (χ1) is 7.95. The van der Waals surface area contributed by atoms with Gasteiger partial charge in [-0.1, -0.05) is 5.16 Å². The lowest BCUT2D eigenvalue weighted by Crippen LogP contribution is -2.37. The molecule has 0 aliphatic carbocycles. The number of aromatic nitrogens is 1. The molecule has 0 saturated carbocycles. The molecule has 94 valence electrons. The van der Waals surface area contributed by atoms with Gasteiger partial charge in [0.05, 0.1) is 11.4 Å². The minimum atomic E-state index is -3.31. The van der Waals surface area contributed by atoms with Crippen molar-refractivity contribution < 1.29 is 22.8 Å². The van der Waals surface area contributed by atoms with Gasteiger partial charge in [-0.3, -0.25) is 0 Å². The standard InChI is InChI=1S/C9H12N2O5S/c1-2-17(14,15)11-4-3-7-6(5-11)8(9(12)13)16-10-7/h2-5H2,1H3,(H,12,13). The molecule has 1 N–H and O–H groups in total. The van der Waals surface area contributed by atoms with E-state index in [0.717, 1.165) is 0 Å². The number of carboxylic acids is 1. The lowest BCUT2D eigenvalue weighted by atomic mass is 10.1. The molecule has 0 bridgehead atoms. The minimum Gasteiger partial charge on any atom is -0.475 e. The topological polar surface area (TPSA) is 101 Å². The van der Waals surface area contributed by atoms with Crippen LogP contribution < -0.4 is 0 Å². The van der Waals surface area contributed by atoms with Crippen LogP contribution in [0.15, 0.2) is 4.52 Å². The van der Waals surface area contributed by atoms with Gasteiger partial charge >= 0.3 is 5.97 Å². The highest BCUT2D eigenvalue weighted by Crippen LogP contribution is 2.24. The van der Waals surface area contributed by atoms with Crippen molar-refractivity contribution in [1.29, 1.82) is 0 Å². The highest BCUT2D eigenvalue weighted by atomic mass is 32.2. The first kappa shape index (κ1) is 12.1. The molecule has 0 saturated heterocycles. The van der Waals surface area contributed by atoms with E-state index in [0.29, 0.717) is 24.2 Å². The Hall–Kier alpha value is -1.41. The van der Waals surface area contributed by atoms with Crippen LogP contribution in [0, 0.1) is 0 Å². The van der Waals surface area contributed by atoms with Gasteiger partial charge in [0.1, 0.15) is 0 Å². The van der Waals surface area contributed by atoms with Crippen LogP contribution in [-0.4, -0.2) is 41.3 Å². The van der Waals surface area contributed by atoms with Crippen LogP contribution in [0.5, 0.6) is 0 Å². The van der Waals surface area contributed by atoms with Crippen LogP contribution in [-0.2, 0) is 23.0 Å². The summed E-state index contributed by atoms with van der Waals surface area (Å²) < 4.78 is 29.4. The average molecular weight is 260 g/mol. The van der Waals surface area contributed by atoms with Gasteiger partial charge in [-0.25, -0.2) is 13.2 Å². The summed E-state index contributed by atoms with van der Waals surface area (Å²) in [5.74, 6) is -1.50. The van der Waals surface area contributed by atoms with Crippen LogP contribution in [0.4, 0.5) is 0 Å². The number of nitrogens with zero attached hydrogens (tertiary/aromatic N) is 2. The highest BCUT2D eigenvalue weighted by molar-refractivity contribution is 7.89. The molecule has 1 aromatic rings. The Bertz CT molecular complexity index is 548. The first-order valence-corrected chi connectivity index (χ1v) is 6.75. The number of sulfonamides is 1. The zero-order valence-electron chi connectivity index (χ0n) is 9.21. The van der Waals surface area contributed by atoms with Gasteiger partial charge < -0.3 is 9.63 Å². The molecule has 0 amide bonds. The number of aromatic carboxylic acids is 1. The molecule has 2 heterocycles. The van der Waals surface area contributed by atoms with E-state index in [1.54, 1.807) is 6.92 Å². The quantitative estimate of drug-likeness (QED) is 0.826. The summed E-state index contributed by atoms with van der Waals surface area (Å²) in [6.07, 6.45) is 0.380. The van der Waals surface area contributed by atoms with E-state index >= 15 is 0 Å². The molecule has 1 aliphatic rings. The van der Waals surface area contributed by atoms with Crippen LogP contribution in [0.2, 0.25) is 0 Å². The monoisotopic (exact) mass is 260 g/mol.